The van der Waals surface area contributed by atoms with Crippen molar-refractivity contribution in [1.29, 1.82) is 0 Å². The van der Waals surface area contributed by atoms with Crippen molar-refractivity contribution >= 4 is 6.09 Å². The van der Waals surface area contributed by atoms with Crippen LogP contribution in [0.4, 0.5) is 4.79 Å². The number of amides is 1. The van der Waals surface area contributed by atoms with E-state index in [1.165, 1.54) is 7.11 Å². The third-order valence-electron chi connectivity index (χ3n) is 3.95. The Hall–Kier alpha value is -2.84. The molecule has 9 nitrogen and oxygen atoms in total. The van der Waals surface area contributed by atoms with Gasteiger partial charge in [0.1, 0.15) is 11.4 Å². The van der Waals surface area contributed by atoms with Crippen molar-refractivity contribution in [3.63, 3.8) is 0 Å². The molecular weight excluding hydrogens is 316 g/mol. The van der Waals surface area contributed by atoms with E-state index >= 15 is 0 Å². The van der Waals surface area contributed by atoms with Gasteiger partial charge in [-0.15, -0.1) is 0 Å². The normalized spacial score (nSPS) is 15.3. The summed E-state index contributed by atoms with van der Waals surface area (Å²) >= 11 is 0. The van der Waals surface area contributed by atoms with Crippen molar-refractivity contribution in [3.8, 4) is 17.3 Å². The van der Waals surface area contributed by atoms with E-state index in [1.54, 1.807) is 23.2 Å². The Morgan fingerprint density at radius 3 is 2.79 bits per heavy atom. The number of aromatic amines is 1. The first-order chi connectivity index (χ1) is 11.7. The molecule has 0 radical (unpaired) electrons. The lowest BCUT2D eigenvalue weighted by molar-refractivity contribution is 0.0964. The Kier molecular flexibility index (Phi) is 4.78. The molecule has 0 aliphatic carbocycles. The maximum Gasteiger partial charge on any atom is 0.439 e. The molecule has 0 saturated carbocycles. The minimum Gasteiger partial charge on any atom is -0.492 e. The van der Waals surface area contributed by atoms with E-state index in [9.17, 15) is 9.59 Å². The third-order valence-corrected chi connectivity index (χ3v) is 3.95. The van der Waals surface area contributed by atoms with Crippen LogP contribution in [0.25, 0.3) is 11.5 Å². The molecule has 0 bridgehead atoms. The van der Waals surface area contributed by atoms with Gasteiger partial charge >= 0.3 is 11.8 Å². The quantitative estimate of drug-likeness (QED) is 0.896. The van der Waals surface area contributed by atoms with Gasteiger partial charge in [-0.2, -0.15) is 0 Å². The predicted octanol–water partition coefficient (Wildman–Crippen LogP) is 1.28. The summed E-state index contributed by atoms with van der Waals surface area (Å²) in [7, 11) is 1.39. The van der Waals surface area contributed by atoms with Crippen molar-refractivity contribution in [2.45, 2.75) is 12.8 Å². The van der Waals surface area contributed by atoms with E-state index < -0.39 is 5.76 Å². The number of likely N-dealkylation sites (tertiary alicyclic amines) is 1. The second-order valence-electron chi connectivity index (χ2n) is 5.53. The third kappa shape index (κ3) is 3.73. The van der Waals surface area contributed by atoms with E-state index in [0.29, 0.717) is 37.1 Å². The number of rotatable bonds is 4. The molecule has 1 fully saturated rings. The number of nitrogens with zero attached hydrogens (tertiary/aromatic N) is 3. The minimum atomic E-state index is -0.620. The fraction of sp³-hybridized carbons (Fsp3) is 0.467. The average Bonchev–Trinajstić information content (AvgIpc) is 3.06. The molecule has 128 valence electrons. The number of carbonyl (C=O) groups excluding carboxylic acids is 1. The number of H-pyrrole nitrogens is 1. The number of hydrogen-bond acceptors (Lipinski definition) is 7. The molecule has 3 rings (SSSR count). The smallest absolute Gasteiger partial charge is 0.439 e. The molecule has 1 aliphatic rings. The number of hydrogen-bond donors (Lipinski definition) is 1. The molecule has 24 heavy (non-hydrogen) atoms. The summed E-state index contributed by atoms with van der Waals surface area (Å²) in [5.74, 6) is 0.685. The molecule has 0 spiro atoms. The molecule has 1 saturated heterocycles. The van der Waals surface area contributed by atoms with Gasteiger partial charge in [0.25, 0.3) is 0 Å². The van der Waals surface area contributed by atoms with Gasteiger partial charge in [-0.05, 0) is 30.9 Å². The zero-order valence-electron chi connectivity index (χ0n) is 13.2. The number of methoxy groups -OCH3 is 1. The molecule has 3 heterocycles. The molecule has 1 aliphatic heterocycles. The summed E-state index contributed by atoms with van der Waals surface area (Å²) in [4.78, 5) is 30.7. The topological polar surface area (TPSA) is 111 Å². The van der Waals surface area contributed by atoms with Gasteiger partial charge in [0, 0.05) is 13.1 Å². The van der Waals surface area contributed by atoms with Crippen molar-refractivity contribution in [2.24, 2.45) is 5.92 Å². The lowest BCUT2D eigenvalue weighted by atomic mass is 9.98. The molecule has 0 unspecified atom stereocenters. The fourth-order valence-electron chi connectivity index (χ4n) is 2.57. The van der Waals surface area contributed by atoms with Gasteiger partial charge in [-0.25, -0.2) is 14.6 Å². The largest absolute Gasteiger partial charge is 0.492 e. The Morgan fingerprint density at radius 1 is 1.42 bits per heavy atom. The number of nitrogens with one attached hydrogen (secondary N) is 1. The molecule has 2 aromatic rings. The lowest BCUT2D eigenvalue weighted by Crippen LogP contribution is -2.39. The van der Waals surface area contributed by atoms with Crippen LogP contribution in [0.1, 0.15) is 12.8 Å². The molecule has 0 atom stereocenters. The number of piperidine rings is 1. The van der Waals surface area contributed by atoms with Gasteiger partial charge in [-0.1, -0.05) is 5.16 Å². The van der Waals surface area contributed by atoms with Crippen LogP contribution in [0, 0.1) is 5.92 Å². The highest BCUT2D eigenvalue weighted by molar-refractivity contribution is 5.67. The monoisotopic (exact) mass is 334 g/mol. The Bertz CT molecular complexity index is 731. The maximum atomic E-state index is 11.4. The van der Waals surface area contributed by atoms with E-state index in [1.807, 2.05) is 0 Å². The maximum absolute atomic E-state index is 11.4. The SMILES string of the molecule is COC(=O)N1CCC(COc2ccc(-c3noc(=O)[nH]3)nc2)CC1. The van der Waals surface area contributed by atoms with Gasteiger partial charge in [0.15, 0.2) is 0 Å². The number of carbonyl (C=O) groups is 1. The summed E-state index contributed by atoms with van der Waals surface area (Å²) in [6.45, 7) is 1.92. The molecule has 2 aromatic heterocycles. The van der Waals surface area contributed by atoms with Crippen LogP contribution in [-0.2, 0) is 4.74 Å². The van der Waals surface area contributed by atoms with Crippen LogP contribution in [0.2, 0.25) is 0 Å². The van der Waals surface area contributed by atoms with Crippen molar-refractivity contribution in [2.75, 3.05) is 26.8 Å². The number of aromatic nitrogens is 3. The van der Waals surface area contributed by atoms with Crippen LogP contribution in [0.5, 0.6) is 5.75 Å². The zero-order chi connectivity index (χ0) is 16.9. The highest BCUT2D eigenvalue weighted by atomic mass is 16.5. The van der Waals surface area contributed by atoms with Crippen LogP contribution < -0.4 is 10.5 Å². The van der Waals surface area contributed by atoms with Crippen LogP contribution in [0.3, 0.4) is 0 Å². The first-order valence-corrected chi connectivity index (χ1v) is 7.64. The second-order valence-corrected chi connectivity index (χ2v) is 5.53. The lowest BCUT2D eigenvalue weighted by Gasteiger charge is -2.30. The van der Waals surface area contributed by atoms with Crippen LogP contribution in [0.15, 0.2) is 27.6 Å². The summed E-state index contributed by atoms with van der Waals surface area (Å²) < 4.78 is 14.9. The first-order valence-electron chi connectivity index (χ1n) is 7.64. The van der Waals surface area contributed by atoms with E-state index in [4.69, 9.17) is 9.47 Å². The standard InChI is InChI=1S/C15H18N4O5/c1-22-15(21)19-6-4-10(5-7-19)9-23-11-2-3-12(16-8-11)13-17-14(20)24-18-13/h2-3,8,10H,4-7,9H2,1H3,(H,17,18,20). The molecular formula is C15H18N4O5. The Balaban J connectivity index is 1.49. The Morgan fingerprint density at radius 2 is 2.21 bits per heavy atom. The Labute approximate surface area is 137 Å². The van der Waals surface area contributed by atoms with E-state index in [2.05, 4.69) is 19.6 Å². The van der Waals surface area contributed by atoms with E-state index in [-0.39, 0.29) is 11.9 Å². The first kappa shape index (κ1) is 16.0. The highest BCUT2D eigenvalue weighted by Crippen LogP contribution is 2.20. The molecule has 1 N–H and O–H groups in total. The minimum absolute atomic E-state index is 0.278. The second kappa shape index (κ2) is 7.16. The van der Waals surface area contributed by atoms with Crippen molar-refractivity contribution in [3.05, 3.63) is 28.9 Å². The number of pyridine rings is 1. The zero-order valence-corrected chi connectivity index (χ0v) is 13.2. The van der Waals surface area contributed by atoms with Crippen molar-refractivity contribution < 1.29 is 18.8 Å². The molecule has 1 amide bonds. The van der Waals surface area contributed by atoms with Crippen molar-refractivity contribution in [1.82, 2.24) is 20.0 Å². The highest BCUT2D eigenvalue weighted by Gasteiger charge is 2.23. The van der Waals surface area contributed by atoms with Crippen LogP contribution in [-0.4, -0.2) is 52.9 Å². The van der Waals surface area contributed by atoms with Gasteiger partial charge < -0.3 is 14.4 Å². The average molecular weight is 334 g/mol. The van der Waals surface area contributed by atoms with Gasteiger partial charge in [0.2, 0.25) is 5.82 Å². The molecule has 9 heteroatoms. The summed E-state index contributed by atoms with van der Waals surface area (Å²) in [6.07, 6.45) is 3.05. The summed E-state index contributed by atoms with van der Waals surface area (Å²) in [5, 5.41) is 3.57. The molecule has 0 aromatic carbocycles. The fourth-order valence-corrected chi connectivity index (χ4v) is 2.57. The van der Waals surface area contributed by atoms with Gasteiger partial charge in [-0.3, -0.25) is 9.51 Å². The van der Waals surface area contributed by atoms with Gasteiger partial charge in [0.05, 0.1) is 19.9 Å². The van der Waals surface area contributed by atoms with E-state index in [0.717, 1.165) is 12.8 Å². The summed E-state index contributed by atoms with van der Waals surface area (Å²) in [6, 6.07) is 3.46. The summed E-state index contributed by atoms with van der Waals surface area (Å²) in [5.41, 5.74) is 0.500. The predicted molar refractivity (Wildman–Crippen MR) is 82.6 cm³/mol. The number of ether oxygens (including phenoxy) is 2. The van der Waals surface area contributed by atoms with Crippen LogP contribution >= 0.6 is 0 Å².